The third-order valence-electron chi connectivity index (χ3n) is 1.93. The summed E-state index contributed by atoms with van der Waals surface area (Å²) >= 11 is 3.11. The van der Waals surface area contributed by atoms with Gasteiger partial charge >= 0.3 is 5.97 Å². The molecule has 1 rings (SSSR count). The fraction of sp³-hybridized carbons (Fsp3) is 0.444. The molecule has 5 heteroatoms. The molecule has 0 amide bonds. The third-order valence-corrected chi connectivity index (χ3v) is 2.36. The molecule has 1 aromatic rings. The summed E-state index contributed by atoms with van der Waals surface area (Å²) in [6.45, 7) is 1.53. The number of furan rings is 1. The number of aliphatic carboxylic acids is 1. The van der Waals surface area contributed by atoms with Gasteiger partial charge < -0.3 is 14.6 Å². The van der Waals surface area contributed by atoms with Crippen LogP contribution in [0.1, 0.15) is 25.5 Å². The molecule has 1 heterocycles. The second-order valence-corrected chi connectivity index (χ2v) is 4.05. The molecular weight excluding hydrogens is 252 g/mol. The number of rotatable bonds is 4. The van der Waals surface area contributed by atoms with E-state index in [1.165, 1.54) is 6.92 Å². The number of hydrogen-bond donors (Lipinski definition) is 2. The first kappa shape index (κ1) is 11.3. The summed E-state index contributed by atoms with van der Waals surface area (Å²) in [4.78, 5) is 10.3. The van der Waals surface area contributed by atoms with Crippen LogP contribution in [-0.4, -0.2) is 16.2 Å². The minimum Gasteiger partial charge on any atom is -0.481 e. The van der Waals surface area contributed by atoms with E-state index < -0.39 is 11.6 Å². The molecule has 0 aliphatic heterocycles. The van der Waals surface area contributed by atoms with Gasteiger partial charge in [0.05, 0.1) is 0 Å². The van der Waals surface area contributed by atoms with Crippen LogP contribution in [0.25, 0.3) is 0 Å². The highest BCUT2D eigenvalue weighted by atomic mass is 79.9. The maximum Gasteiger partial charge on any atom is 0.303 e. The fourth-order valence-corrected chi connectivity index (χ4v) is 1.38. The molecule has 0 saturated carbocycles. The lowest BCUT2D eigenvalue weighted by Gasteiger charge is -2.19. The van der Waals surface area contributed by atoms with E-state index in [1.54, 1.807) is 12.1 Å². The van der Waals surface area contributed by atoms with E-state index in [1.807, 2.05) is 0 Å². The number of halogens is 1. The van der Waals surface area contributed by atoms with E-state index in [0.29, 0.717) is 10.4 Å². The topological polar surface area (TPSA) is 70.7 Å². The first-order valence-corrected chi connectivity index (χ1v) is 4.91. The molecule has 78 valence electrons. The molecule has 1 aromatic heterocycles. The van der Waals surface area contributed by atoms with Crippen LogP contribution < -0.4 is 0 Å². The number of hydrogen-bond acceptors (Lipinski definition) is 3. The third kappa shape index (κ3) is 2.85. The summed E-state index contributed by atoms with van der Waals surface area (Å²) in [5.74, 6) is -0.568. The van der Waals surface area contributed by atoms with Crippen molar-refractivity contribution in [1.29, 1.82) is 0 Å². The molecule has 14 heavy (non-hydrogen) atoms. The molecule has 1 atom stereocenters. The Morgan fingerprint density at radius 1 is 1.64 bits per heavy atom. The van der Waals surface area contributed by atoms with Gasteiger partial charge in [0.2, 0.25) is 0 Å². The zero-order valence-electron chi connectivity index (χ0n) is 7.66. The zero-order chi connectivity index (χ0) is 10.8. The average molecular weight is 263 g/mol. The number of aliphatic hydroxyl groups is 1. The van der Waals surface area contributed by atoms with Gasteiger partial charge in [0.25, 0.3) is 0 Å². The smallest absolute Gasteiger partial charge is 0.303 e. The number of carbonyl (C=O) groups is 1. The van der Waals surface area contributed by atoms with E-state index in [4.69, 9.17) is 9.52 Å². The first-order valence-electron chi connectivity index (χ1n) is 4.12. The summed E-state index contributed by atoms with van der Waals surface area (Å²) in [7, 11) is 0. The molecule has 0 bridgehead atoms. The largest absolute Gasteiger partial charge is 0.481 e. The Kier molecular flexibility index (Phi) is 3.34. The SMILES string of the molecule is CC(O)(CCC(=O)O)c1ccc(Br)o1. The Labute approximate surface area is 89.7 Å². The summed E-state index contributed by atoms with van der Waals surface area (Å²) in [5, 5.41) is 18.3. The zero-order valence-corrected chi connectivity index (χ0v) is 9.24. The molecule has 0 aliphatic carbocycles. The van der Waals surface area contributed by atoms with Crippen LogP contribution in [0.3, 0.4) is 0 Å². The normalized spacial score (nSPS) is 15.1. The van der Waals surface area contributed by atoms with Crippen molar-refractivity contribution in [3.63, 3.8) is 0 Å². The molecular formula is C9H11BrO4. The molecule has 0 radical (unpaired) electrons. The molecule has 0 saturated heterocycles. The van der Waals surface area contributed by atoms with Gasteiger partial charge in [0.15, 0.2) is 4.67 Å². The molecule has 0 fully saturated rings. The molecule has 1 unspecified atom stereocenters. The lowest BCUT2D eigenvalue weighted by Crippen LogP contribution is -2.21. The van der Waals surface area contributed by atoms with Gasteiger partial charge in [0, 0.05) is 6.42 Å². The summed E-state index contributed by atoms with van der Waals surface area (Å²) in [6.07, 6.45) is 0.0353. The van der Waals surface area contributed by atoms with Gasteiger partial charge in [-0.2, -0.15) is 0 Å². The van der Waals surface area contributed by atoms with Crippen LogP contribution in [0.4, 0.5) is 0 Å². The van der Waals surface area contributed by atoms with E-state index in [2.05, 4.69) is 15.9 Å². The highest BCUT2D eigenvalue weighted by Gasteiger charge is 2.27. The van der Waals surface area contributed by atoms with Gasteiger partial charge in [0.1, 0.15) is 11.4 Å². The monoisotopic (exact) mass is 262 g/mol. The van der Waals surface area contributed by atoms with Gasteiger partial charge in [-0.3, -0.25) is 4.79 Å². The standard InChI is InChI=1S/C9H11BrO4/c1-9(13,5-4-8(11)12)6-2-3-7(10)14-6/h2-3,13H,4-5H2,1H3,(H,11,12). The van der Waals surface area contributed by atoms with Crippen molar-refractivity contribution in [3.8, 4) is 0 Å². The van der Waals surface area contributed by atoms with Crippen molar-refractivity contribution in [1.82, 2.24) is 0 Å². The Bertz CT molecular complexity index is 329. The van der Waals surface area contributed by atoms with Crippen molar-refractivity contribution in [2.24, 2.45) is 0 Å². The minimum atomic E-state index is -1.23. The summed E-state index contributed by atoms with van der Waals surface area (Å²) in [6, 6.07) is 3.27. The average Bonchev–Trinajstić information content (AvgIpc) is 2.49. The van der Waals surface area contributed by atoms with Crippen LogP contribution in [-0.2, 0) is 10.4 Å². The minimum absolute atomic E-state index is 0.0919. The van der Waals surface area contributed by atoms with Crippen molar-refractivity contribution < 1.29 is 19.4 Å². The van der Waals surface area contributed by atoms with Gasteiger partial charge in [-0.05, 0) is 41.4 Å². The molecule has 0 aromatic carbocycles. The lowest BCUT2D eigenvalue weighted by molar-refractivity contribution is -0.138. The summed E-state index contributed by atoms with van der Waals surface area (Å²) < 4.78 is 5.67. The second kappa shape index (κ2) is 4.14. The quantitative estimate of drug-likeness (QED) is 0.872. The van der Waals surface area contributed by atoms with Gasteiger partial charge in [-0.25, -0.2) is 0 Å². The van der Waals surface area contributed by atoms with Crippen molar-refractivity contribution >= 4 is 21.9 Å². The maximum absolute atomic E-state index is 10.3. The van der Waals surface area contributed by atoms with Crippen molar-refractivity contribution in [3.05, 3.63) is 22.6 Å². The number of carboxylic acids is 1. The highest BCUT2D eigenvalue weighted by molar-refractivity contribution is 9.10. The van der Waals surface area contributed by atoms with Crippen molar-refractivity contribution in [2.45, 2.75) is 25.4 Å². The fourth-order valence-electron chi connectivity index (χ4n) is 1.08. The molecule has 4 nitrogen and oxygen atoms in total. The number of carboxylic acid groups (broad SMARTS) is 1. The van der Waals surface area contributed by atoms with E-state index in [-0.39, 0.29) is 12.8 Å². The van der Waals surface area contributed by atoms with Crippen LogP contribution in [0.2, 0.25) is 0 Å². The maximum atomic E-state index is 10.3. The Morgan fingerprint density at radius 3 is 2.71 bits per heavy atom. The van der Waals surface area contributed by atoms with Crippen molar-refractivity contribution in [2.75, 3.05) is 0 Å². The Morgan fingerprint density at radius 2 is 2.29 bits per heavy atom. The van der Waals surface area contributed by atoms with E-state index in [0.717, 1.165) is 0 Å². The lowest BCUT2D eigenvalue weighted by atomic mass is 9.97. The van der Waals surface area contributed by atoms with E-state index in [9.17, 15) is 9.90 Å². The predicted molar refractivity (Wildman–Crippen MR) is 52.8 cm³/mol. The van der Waals surface area contributed by atoms with Crippen LogP contribution in [0.15, 0.2) is 21.2 Å². The van der Waals surface area contributed by atoms with Gasteiger partial charge in [-0.1, -0.05) is 0 Å². The molecule has 0 spiro atoms. The van der Waals surface area contributed by atoms with Gasteiger partial charge in [-0.15, -0.1) is 0 Å². The molecule has 0 aliphatic rings. The molecule has 2 N–H and O–H groups in total. The highest BCUT2D eigenvalue weighted by Crippen LogP contribution is 2.29. The second-order valence-electron chi connectivity index (χ2n) is 3.27. The van der Waals surface area contributed by atoms with Crippen LogP contribution >= 0.6 is 15.9 Å². The first-order chi connectivity index (χ1) is 6.42. The van der Waals surface area contributed by atoms with Crippen LogP contribution in [0, 0.1) is 0 Å². The Hall–Kier alpha value is -0.810. The van der Waals surface area contributed by atoms with E-state index >= 15 is 0 Å². The predicted octanol–water partition coefficient (Wildman–Crippen LogP) is 2.11. The summed E-state index contributed by atoms with van der Waals surface area (Å²) in [5.41, 5.74) is -1.23. The van der Waals surface area contributed by atoms with Crippen LogP contribution in [0.5, 0.6) is 0 Å². The Balaban J connectivity index is 2.69.